The van der Waals surface area contributed by atoms with Gasteiger partial charge in [0.2, 0.25) is 11.8 Å². The number of benzene rings is 3. The molecule has 2 aliphatic rings. The average molecular weight is 517 g/mol. The van der Waals surface area contributed by atoms with Crippen LogP contribution in [0.25, 0.3) is 0 Å². The highest BCUT2D eigenvalue weighted by atomic mass is 35.5. The van der Waals surface area contributed by atoms with Crippen molar-refractivity contribution in [2.75, 3.05) is 4.90 Å². The van der Waals surface area contributed by atoms with Crippen LogP contribution in [0, 0.1) is 19.3 Å². The second kappa shape index (κ2) is 9.91. The van der Waals surface area contributed by atoms with E-state index in [0.717, 1.165) is 39.7 Å². The Balaban J connectivity index is 1.40. The van der Waals surface area contributed by atoms with Crippen molar-refractivity contribution in [2.45, 2.75) is 38.0 Å². The van der Waals surface area contributed by atoms with Crippen molar-refractivity contribution >= 4 is 51.7 Å². The molecule has 2 aliphatic heterocycles. The third-order valence-corrected chi connectivity index (χ3v) is 7.69. The molecule has 5 rings (SSSR count). The molecule has 1 N–H and O–H groups in total. The van der Waals surface area contributed by atoms with Gasteiger partial charge in [0.25, 0.3) is 0 Å². The number of rotatable bonds is 4. The van der Waals surface area contributed by atoms with Crippen LogP contribution in [0.4, 0.5) is 5.69 Å². The second-order valence-corrected chi connectivity index (χ2v) is 10.7. The number of amides is 2. The molecular weight excluding hydrogens is 492 g/mol. The number of nitrogens with one attached hydrogen (secondary N) is 1. The Kier molecular flexibility index (Phi) is 6.69. The molecule has 0 spiro atoms. The molecule has 1 fully saturated rings. The Morgan fingerprint density at radius 3 is 2.39 bits per heavy atom. The number of imide groups is 1. The lowest BCUT2D eigenvalue weighted by atomic mass is 9.98. The average Bonchev–Trinajstić information content (AvgIpc) is 3.41. The van der Waals surface area contributed by atoms with Gasteiger partial charge in [-0.1, -0.05) is 77.5 Å². The van der Waals surface area contributed by atoms with Crippen molar-refractivity contribution < 1.29 is 9.59 Å². The molecule has 0 radical (unpaired) electrons. The van der Waals surface area contributed by atoms with Gasteiger partial charge in [-0.25, -0.2) is 9.91 Å². The number of anilines is 1. The van der Waals surface area contributed by atoms with Crippen LogP contribution in [0.15, 0.2) is 77.9 Å². The standard InChI is InChI=1S/C28H25ClN4O2S/c1-17-6-8-19(9-7-17)23-15-24(20-10-12-21(29)13-11-20)33(31-23)28(30)36-25-16-26(34)32(27(25)35)22-5-3-4-18(2)14-22/h3-14,24-25,30H,15-16H2,1-2H3/t24-,25-/m0/s1. The summed E-state index contributed by atoms with van der Waals surface area (Å²) in [7, 11) is 0. The van der Waals surface area contributed by atoms with E-state index in [0.29, 0.717) is 17.1 Å². The van der Waals surface area contributed by atoms with Gasteiger partial charge in [0.15, 0.2) is 5.17 Å². The highest BCUT2D eigenvalue weighted by Crippen LogP contribution is 2.38. The van der Waals surface area contributed by atoms with E-state index in [2.05, 4.69) is 0 Å². The molecule has 2 amide bonds. The molecule has 0 bridgehead atoms. The normalized spacial score (nSPS) is 19.7. The smallest absolute Gasteiger partial charge is 0.247 e. The summed E-state index contributed by atoms with van der Waals surface area (Å²) in [6.45, 7) is 3.96. The van der Waals surface area contributed by atoms with Crippen molar-refractivity contribution in [1.29, 1.82) is 5.41 Å². The lowest BCUT2D eigenvalue weighted by Crippen LogP contribution is -2.32. The Bertz CT molecular complexity index is 1370. The second-order valence-electron chi connectivity index (χ2n) is 9.05. The van der Waals surface area contributed by atoms with Gasteiger partial charge in [-0.2, -0.15) is 5.10 Å². The number of aryl methyl sites for hydroxylation is 2. The number of carbonyl (C=O) groups excluding carboxylic acids is 2. The zero-order chi connectivity index (χ0) is 25.4. The lowest BCUT2D eigenvalue weighted by Gasteiger charge is -2.24. The highest BCUT2D eigenvalue weighted by molar-refractivity contribution is 8.14. The van der Waals surface area contributed by atoms with E-state index >= 15 is 0 Å². The number of carbonyl (C=O) groups is 2. The number of thioether (sulfide) groups is 1. The van der Waals surface area contributed by atoms with E-state index in [1.165, 1.54) is 4.90 Å². The Labute approximate surface area is 219 Å². The van der Waals surface area contributed by atoms with E-state index < -0.39 is 5.25 Å². The van der Waals surface area contributed by atoms with E-state index in [9.17, 15) is 9.59 Å². The molecule has 3 aromatic carbocycles. The summed E-state index contributed by atoms with van der Waals surface area (Å²) in [5.74, 6) is -0.555. The van der Waals surface area contributed by atoms with Gasteiger partial charge in [-0.15, -0.1) is 0 Å². The fraction of sp³-hybridized carbons (Fsp3) is 0.214. The first-order valence-corrected chi connectivity index (χ1v) is 12.9. The third kappa shape index (κ3) is 4.81. The maximum absolute atomic E-state index is 13.2. The largest absolute Gasteiger partial charge is 0.277 e. The topological polar surface area (TPSA) is 76.8 Å². The van der Waals surface area contributed by atoms with E-state index in [4.69, 9.17) is 22.1 Å². The van der Waals surface area contributed by atoms with Gasteiger partial charge in [0.05, 0.1) is 17.4 Å². The summed E-state index contributed by atoms with van der Waals surface area (Å²) >= 11 is 7.20. The molecule has 6 nitrogen and oxygen atoms in total. The summed E-state index contributed by atoms with van der Waals surface area (Å²) < 4.78 is 0. The monoisotopic (exact) mass is 516 g/mol. The van der Waals surface area contributed by atoms with Gasteiger partial charge in [-0.3, -0.25) is 15.0 Å². The minimum absolute atomic E-state index is 0.0494. The summed E-state index contributed by atoms with van der Waals surface area (Å²) in [6.07, 6.45) is 0.661. The summed E-state index contributed by atoms with van der Waals surface area (Å²) in [6, 6.07) is 22.8. The molecule has 0 unspecified atom stereocenters. The van der Waals surface area contributed by atoms with Gasteiger partial charge in [0, 0.05) is 17.9 Å². The highest BCUT2D eigenvalue weighted by Gasteiger charge is 2.42. The SMILES string of the molecule is Cc1ccc(C2=NN(C(=N)S[C@H]3CC(=O)N(c4cccc(C)c4)C3=O)[C@H](c3ccc(Cl)cc3)C2)cc1. The number of hydrogen-bond acceptors (Lipinski definition) is 5. The van der Waals surface area contributed by atoms with Crippen LogP contribution in [0.2, 0.25) is 5.02 Å². The molecular formula is C28H25ClN4O2S. The Hall–Kier alpha value is -3.42. The first-order chi connectivity index (χ1) is 17.3. The number of hydrazone groups is 1. The van der Waals surface area contributed by atoms with Crippen molar-refractivity contribution in [3.63, 3.8) is 0 Å². The molecule has 2 atom stereocenters. The molecule has 1 saturated heterocycles. The maximum atomic E-state index is 13.2. The summed E-state index contributed by atoms with van der Waals surface area (Å²) in [4.78, 5) is 27.2. The number of amidine groups is 1. The molecule has 0 aliphatic carbocycles. The van der Waals surface area contributed by atoms with Crippen LogP contribution in [0.1, 0.15) is 41.1 Å². The molecule has 3 aromatic rings. The van der Waals surface area contributed by atoms with Crippen molar-refractivity contribution in [1.82, 2.24) is 5.01 Å². The maximum Gasteiger partial charge on any atom is 0.247 e. The summed E-state index contributed by atoms with van der Waals surface area (Å²) in [5, 5.41) is 15.5. The zero-order valence-corrected chi connectivity index (χ0v) is 21.5. The van der Waals surface area contributed by atoms with Crippen LogP contribution in [-0.2, 0) is 9.59 Å². The van der Waals surface area contributed by atoms with Gasteiger partial charge in [0.1, 0.15) is 5.25 Å². The molecule has 36 heavy (non-hydrogen) atoms. The predicted molar refractivity (Wildman–Crippen MR) is 146 cm³/mol. The van der Waals surface area contributed by atoms with Crippen molar-refractivity contribution in [3.8, 4) is 0 Å². The quantitative estimate of drug-likeness (QED) is 0.258. The van der Waals surface area contributed by atoms with Crippen LogP contribution < -0.4 is 4.90 Å². The summed E-state index contributed by atoms with van der Waals surface area (Å²) in [5.41, 5.74) is 5.55. The van der Waals surface area contributed by atoms with Gasteiger partial charge in [-0.05, 0) is 54.8 Å². The van der Waals surface area contributed by atoms with Crippen LogP contribution in [0.3, 0.4) is 0 Å². The van der Waals surface area contributed by atoms with Gasteiger partial charge < -0.3 is 0 Å². The lowest BCUT2D eigenvalue weighted by molar-refractivity contribution is -0.121. The molecule has 182 valence electrons. The third-order valence-electron chi connectivity index (χ3n) is 6.38. The van der Waals surface area contributed by atoms with Crippen LogP contribution in [-0.4, -0.2) is 33.0 Å². The fourth-order valence-electron chi connectivity index (χ4n) is 4.49. The minimum atomic E-state index is -0.671. The van der Waals surface area contributed by atoms with E-state index in [1.807, 2.05) is 80.6 Å². The zero-order valence-electron chi connectivity index (χ0n) is 19.9. The van der Waals surface area contributed by atoms with Crippen molar-refractivity contribution in [2.24, 2.45) is 5.10 Å². The predicted octanol–water partition coefficient (Wildman–Crippen LogP) is 6.11. The van der Waals surface area contributed by atoms with Gasteiger partial charge >= 0.3 is 0 Å². The molecule has 0 aromatic heterocycles. The minimum Gasteiger partial charge on any atom is -0.277 e. The Morgan fingerprint density at radius 1 is 0.972 bits per heavy atom. The van der Waals surface area contributed by atoms with Crippen LogP contribution >= 0.6 is 23.4 Å². The molecule has 8 heteroatoms. The number of halogens is 1. The molecule has 2 heterocycles. The molecule has 0 saturated carbocycles. The first-order valence-electron chi connectivity index (χ1n) is 11.7. The fourth-order valence-corrected chi connectivity index (χ4v) is 5.59. The first kappa shape index (κ1) is 24.3. The number of hydrogen-bond donors (Lipinski definition) is 1. The Morgan fingerprint density at radius 2 is 1.69 bits per heavy atom. The van der Waals surface area contributed by atoms with E-state index in [1.54, 1.807) is 11.1 Å². The van der Waals surface area contributed by atoms with Crippen molar-refractivity contribution in [3.05, 3.63) is 100 Å². The van der Waals surface area contributed by atoms with Crippen LogP contribution in [0.5, 0.6) is 0 Å². The number of nitrogens with zero attached hydrogens (tertiary/aromatic N) is 3. The van der Waals surface area contributed by atoms with E-state index in [-0.39, 0.29) is 29.4 Å².